The summed E-state index contributed by atoms with van der Waals surface area (Å²) in [7, 11) is -3.46. The molecule has 1 fully saturated rings. The summed E-state index contributed by atoms with van der Waals surface area (Å²) in [5.74, 6) is -0.374. The molecule has 0 saturated carbocycles. The molecule has 0 aromatic heterocycles. The molecule has 20 heavy (non-hydrogen) atoms. The number of halogens is 1. The molecule has 0 spiro atoms. The van der Waals surface area contributed by atoms with Crippen LogP contribution >= 0.6 is 12.4 Å². The fraction of sp³-hybridized carbons (Fsp3) is 0.462. The number of primary amides is 1. The maximum absolute atomic E-state index is 11.8. The van der Waals surface area contributed by atoms with Gasteiger partial charge in [-0.3, -0.25) is 4.79 Å². The predicted octanol–water partition coefficient (Wildman–Crippen LogP) is 1.08. The van der Waals surface area contributed by atoms with E-state index in [-0.39, 0.29) is 22.9 Å². The molecule has 0 radical (unpaired) electrons. The summed E-state index contributed by atoms with van der Waals surface area (Å²) in [6.45, 7) is 1.85. The average molecular weight is 319 g/mol. The van der Waals surface area contributed by atoms with E-state index in [0.717, 1.165) is 37.8 Å². The van der Waals surface area contributed by atoms with Crippen LogP contribution in [0.5, 0.6) is 0 Å². The van der Waals surface area contributed by atoms with E-state index in [4.69, 9.17) is 5.73 Å². The first kappa shape index (κ1) is 16.9. The molecule has 112 valence electrons. The highest BCUT2D eigenvalue weighted by atomic mass is 35.5. The minimum atomic E-state index is -3.46. The van der Waals surface area contributed by atoms with Crippen molar-refractivity contribution in [3.63, 3.8) is 0 Å². The summed E-state index contributed by atoms with van der Waals surface area (Å²) >= 11 is 0. The Kier molecular flexibility index (Phi) is 5.56. The van der Waals surface area contributed by atoms with E-state index in [1.54, 1.807) is 6.07 Å². The molecule has 5 nitrogen and oxygen atoms in total. The van der Waals surface area contributed by atoms with Gasteiger partial charge in [-0.05, 0) is 49.5 Å². The summed E-state index contributed by atoms with van der Waals surface area (Å²) in [6.07, 6.45) is 3.04. The quantitative estimate of drug-likeness (QED) is 0.872. The van der Waals surface area contributed by atoms with E-state index in [1.165, 1.54) is 6.07 Å². The van der Waals surface area contributed by atoms with Gasteiger partial charge in [-0.15, -0.1) is 12.4 Å². The van der Waals surface area contributed by atoms with E-state index in [9.17, 15) is 13.2 Å². The number of rotatable bonds is 3. The summed E-state index contributed by atoms with van der Waals surface area (Å²) in [4.78, 5) is 11.3. The third-order valence-electron chi connectivity index (χ3n) is 3.48. The maximum atomic E-state index is 11.8. The first-order chi connectivity index (χ1) is 8.89. The Hall–Kier alpha value is -1.11. The topological polar surface area (TPSA) is 89.3 Å². The van der Waals surface area contributed by atoms with Crippen LogP contribution in [0.1, 0.15) is 34.7 Å². The molecular formula is C13H19ClN2O3S. The lowest BCUT2D eigenvalue weighted by molar-refractivity contribution is 0.0997. The Bertz CT molecular complexity index is 596. The summed E-state index contributed by atoms with van der Waals surface area (Å²) in [5, 5.41) is 3.27. The Morgan fingerprint density at radius 3 is 2.40 bits per heavy atom. The average Bonchev–Trinajstić information content (AvgIpc) is 2.38. The van der Waals surface area contributed by atoms with Crippen LogP contribution in [-0.4, -0.2) is 33.7 Å². The van der Waals surface area contributed by atoms with E-state index in [1.807, 2.05) is 6.07 Å². The second kappa shape index (κ2) is 6.56. The van der Waals surface area contributed by atoms with Gasteiger partial charge < -0.3 is 11.1 Å². The van der Waals surface area contributed by atoms with Gasteiger partial charge in [-0.1, -0.05) is 6.07 Å². The molecule has 0 unspecified atom stereocenters. The van der Waals surface area contributed by atoms with Gasteiger partial charge in [-0.2, -0.15) is 0 Å². The SMILES string of the molecule is CS(=O)(=O)c1cc(C2CCNCC2)ccc1C(N)=O.Cl. The normalized spacial score (nSPS) is 16.4. The molecule has 1 aromatic carbocycles. The van der Waals surface area contributed by atoms with Gasteiger partial charge >= 0.3 is 0 Å². The molecule has 1 aliphatic rings. The van der Waals surface area contributed by atoms with Crippen LogP contribution in [0.15, 0.2) is 23.1 Å². The van der Waals surface area contributed by atoms with Crippen molar-refractivity contribution in [3.8, 4) is 0 Å². The van der Waals surface area contributed by atoms with Crippen molar-refractivity contribution < 1.29 is 13.2 Å². The molecule has 7 heteroatoms. The highest BCUT2D eigenvalue weighted by molar-refractivity contribution is 7.90. The molecule has 3 N–H and O–H groups in total. The zero-order valence-corrected chi connectivity index (χ0v) is 12.9. The molecule has 1 saturated heterocycles. The largest absolute Gasteiger partial charge is 0.366 e. The number of nitrogens with two attached hydrogens (primary N) is 1. The molecule has 1 aromatic rings. The first-order valence-corrected chi connectivity index (χ1v) is 8.13. The number of piperidine rings is 1. The van der Waals surface area contributed by atoms with Crippen LogP contribution in [0.4, 0.5) is 0 Å². The fourth-order valence-electron chi connectivity index (χ4n) is 2.46. The highest BCUT2D eigenvalue weighted by Gasteiger charge is 2.21. The predicted molar refractivity (Wildman–Crippen MR) is 80.2 cm³/mol. The third kappa shape index (κ3) is 3.71. The van der Waals surface area contributed by atoms with Crippen LogP contribution in [0.3, 0.4) is 0 Å². The molecule has 0 atom stereocenters. The van der Waals surface area contributed by atoms with Gasteiger partial charge in [0.05, 0.1) is 10.5 Å². The number of carbonyl (C=O) groups excluding carboxylic acids is 1. The number of nitrogens with one attached hydrogen (secondary N) is 1. The Morgan fingerprint density at radius 2 is 1.90 bits per heavy atom. The van der Waals surface area contributed by atoms with Gasteiger partial charge in [0.15, 0.2) is 9.84 Å². The van der Waals surface area contributed by atoms with Gasteiger partial charge in [0.2, 0.25) is 5.91 Å². The Balaban J connectivity index is 0.00000200. The summed E-state index contributed by atoms with van der Waals surface area (Å²) in [6, 6.07) is 4.94. The van der Waals surface area contributed by atoms with Crippen LogP contribution in [0.2, 0.25) is 0 Å². The van der Waals surface area contributed by atoms with Crippen LogP contribution in [0, 0.1) is 0 Å². The van der Waals surface area contributed by atoms with Crippen molar-refractivity contribution in [1.29, 1.82) is 0 Å². The number of benzene rings is 1. The van der Waals surface area contributed by atoms with Gasteiger partial charge in [-0.25, -0.2) is 8.42 Å². The lowest BCUT2D eigenvalue weighted by Gasteiger charge is -2.23. The lowest BCUT2D eigenvalue weighted by Crippen LogP contribution is -2.27. The summed E-state index contributed by atoms with van der Waals surface area (Å²) < 4.78 is 23.5. The van der Waals surface area contributed by atoms with E-state index >= 15 is 0 Å². The van der Waals surface area contributed by atoms with Crippen LogP contribution in [0.25, 0.3) is 0 Å². The van der Waals surface area contributed by atoms with E-state index in [0.29, 0.717) is 5.92 Å². The zero-order chi connectivity index (χ0) is 14.0. The maximum Gasteiger partial charge on any atom is 0.250 e. The van der Waals surface area contributed by atoms with Crippen molar-refractivity contribution in [3.05, 3.63) is 29.3 Å². The van der Waals surface area contributed by atoms with Crippen molar-refractivity contribution in [2.75, 3.05) is 19.3 Å². The standard InChI is InChI=1S/C13H18N2O3S.ClH/c1-19(17,18)12-8-10(2-3-11(12)13(14)16)9-4-6-15-7-5-9;/h2-3,8-9,15H,4-7H2,1H3,(H2,14,16);1H. The second-order valence-electron chi connectivity index (χ2n) is 4.92. The lowest BCUT2D eigenvalue weighted by atomic mass is 9.90. The number of sulfone groups is 1. The Morgan fingerprint density at radius 1 is 1.30 bits per heavy atom. The molecule has 1 heterocycles. The molecule has 0 aliphatic carbocycles. The van der Waals surface area contributed by atoms with Gasteiger partial charge in [0.25, 0.3) is 0 Å². The smallest absolute Gasteiger partial charge is 0.250 e. The van der Waals surface area contributed by atoms with Crippen LogP contribution in [-0.2, 0) is 9.84 Å². The number of hydrogen-bond acceptors (Lipinski definition) is 4. The van der Waals surface area contributed by atoms with Gasteiger partial charge in [0, 0.05) is 6.26 Å². The monoisotopic (exact) mass is 318 g/mol. The highest BCUT2D eigenvalue weighted by Crippen LogP contribution is 2.28. The number of hydrogen-bond donors (Lipinski definition) is 2. The molecule has 1 aliphatic heterocycles. The summed E-state index contributed by atoms with van der Waals surface area (Å²) in [5.41, 5.74) is 6.26. The second-order valence-corrected chi connectivity index (χ2v) is 6.90. The van der Waals surface area contributed by atoms with Crippen molar-refractivity contribution in [2.45, 2.75) is 23.7 Å². The van der Waals surface area contributed by atoms with E-state index in [2.05, 4.69) is 5.32 Å². The first-order valence-electron chi connectivity index (χ1n) is 6.24. The third-order valence-corrected chi connectivity index (χ3v) is 4.62. The van der Waals surface area contributed by atoms with Crippen molar-refractivity contribution in [1.82, 2.24) is 5.32 Å². The molecule has 2 rings (SSSR count). The minimum Gasteiger partial charge on any atom is -0.366 e. The molecular weight excluding hydrogens is 300 g/mol. The molecule has 1 amide bonds. The fourth-order valence-corrected chi connectivity index (χ4v) is 3.38. The zero-order valence-electron chi connectivity index (χ0n) is 11.3. The van der Waals surface area contributed by atoms with Crippen molar-refractivity contribution >= 4 is 28.2 Å². The van der Waals surface area contributed by atoms with Gasteiger partial charge in [0.1, 0.15) is 0 Å². The Labute approximate surface area is 125 Å². The van der Waals surface area contributed by atoms with Crippen molar-refractivity contribution in [2.24, 2.45) is 5.73 Å². The van der Waals surface area contributed by atoms with Crippen LogP contribution < -0.4 is 11.1 Å². The molecule has 0 bridgehead atoms. The van der Waals surface area contributed by atoms with E-state index < -0.39 is 15.7 Å². The number of carbonyl (C=O) groups is 1. The number of amides is 1. The minimum absolute atomic E-state index is 0.